The first-order valence-corrected chi connectivity index (χ1v) is 10.4. The van der Waals surface area contributed by atoms with E-state index in [-0.39, 0.29) is 4.90 Å². The van der Waals surface area contributed by atoms with Crippen molar-refractivity contribution in [1.29, 1.82) is 0 Å². The van der Waals surface area contributed by atoms with E-state index in [9.17, 15) is 8.42 Å². The van der Waals surface area contributed by atoms with Crippen LogP contribution in [0.25, 0.3) is 10.9 Å². The summed E-state index contributed by atoms with van der Waals surface area (Å²) in [6, 6.07) is 12.7. The fraction of sp³-hybridized carbons (Fsp3) is 0.300. The first-order chi connectivity index (χ1) is 12.9. The zero-order valence-corrected chi connectivity index (χ0v) is 16.3. The normalized spacial score (nSPS) is 13.7. The highest BCUT2D eigenvalue weighted by Gasteiger charge is 2.19. The van der Waals surface area contributed by atoms with Gasteiger partial charge in [0.1, 0.15) is 5.75 Å². The minimum absolute atomic E-state index is 0.259. The Balaban J connectivity index is 1.61. The van der Waals surface area contributed by atoms with Gasteiger partial charge in [-0.1, -0.05) is 6.07 Å². The topological polar surface area (TPSA) is 63.6 Å². The predicted octanol–water partition coefficient (Wildman–Crippen LogP) is 2.94. The largest absolute Gasteiger partial charge is 0.493 e. The zero-order chi connectivity index (χ0) is 19.0. The second-order valence-corrected chi connectivity index (χ2v) is 8.74. The molecule has 1 aromatic heterocycles. The van der Waals surface area contributed by atoms with Crippen LogP contribution in [0.5, 0.6) is 5.75 Å². The van der Waals surface area contributed by atoms with Crippen LogP contribution in [0.3, 0.4) is 0 Å². The van der Waals surface area contributed by atoms with Gasteiger partial charge in [0.15, 0.2) is 0 Å². The molecule has 0 fully saturated rings. The Morgan fingerprint density at radius 2 is 2.00 bits per heavy atom. The Labute approximate surface area is 159 Å². The van der Waals surface area contributed by atoms with Crippen LogP contribution in [0, 0.1) is 0 Å². The average Bonchev–Trinajstić information content (AvgIpc) is 3.25. The van der Waals surface area contributed by atoms with Crippen molar-refractivity contribution in [3.8, 4) is 5.75 Å². The maximum absolute atomic E-state index is 12.8. The maximum atomic E-state index is 12.8. The van der Waals surface area contributed by atoms with Gasteiger partial charge in [0.25, 0.3) is 10.0 Å². The van der Waals surface area contributed by atoms with E-state index in [1.54, 1.807) is 24.3 Å². The lowest BCUT2D eigenvalue weighted by molar-refractivity contribution is 0.356. The number of nitrogens with one attached hydrogen (secondary N) is 1. The fourth-order valence-electron chi connectivity index (χ4n) is 3.29. The highest BCUT2D eigenvalue weighted by molar-refractivity contribution is 7.92. The van der Waals surface area contributed by atoms with Crippen LogP contribution in [0.4, 0.5) is 5.69 Å². The standard InChI is InChI=1S/C20H23N3O3S/c1-22(2)10-11-23-9-7-15-3-4-17(14-19(15)23)21-27(24,25)18-5-6-20-16(13-18)8-12-26-20/h3-7,9,13-14,21H,8,10-12H2,1-2H3. The number of rotatable bonds is 6. The number of benzene rings is 2. The van der Waals surface area contributed by atoms with Gasteiger partial charge < -0.3 is 14.2 Å². The molecule has 6 nitrogen and oxygen atoms in total. The van der Waals surface area contributed by atoms with Crippen LogP contribution in [0.15, 0.2) is 53.6 Å². The smallest absolute Gasteiger partial charge is 0.261 e. The molecule has 0 bridgehead atoms. The number of fused-ring (bicyclic) bond motifs is 2. The summed E-state index contributed by atoms with van der Waals surface area (Å²) >= 11 is 0. The minimum Gasteiger partial charge on any atom is -0.493 e. The van der Waals surface area contributed by atoms with Crippen molar-refractivity contribution in [3.05, 3.63) is 54.2 Å². The van der Waals surface area contributed by atoms with Crippen LogP contribution in [-0.4, -0.2) is 45.1 Å². The van der Waals surface area contributed by atoms with Crippen molar-refractivity contribution in [2.24, 2.45) is 0 Å². The molecule has 0 spiro atoms. The Kier molecular flexibility index (Phi) is 4.57. The van der Waals surface area contributed by atoms with Gasteiger partial charge in [0, 0.05) is 25.7 Å². The van der Waals surface area contributed by atoms with E-state index in [1.165, 1.54) is 0 Å². The van der Waals surface area contributed by atoms with E-state index >= 15 is 0 Å². The molecule has 2 aromatic carbocycles. The lowest BCUT2D eigenvalue weighted by Gasteiger charge is -2.12. The summed E-state index contributed by atoms with van der Waals surface area (Å²) in [4.78, 5) is 2.38. The lowest BCUT2D eigenvalue weighted by atomic mass is 10.2. The average molecular weight is 385 g/mol. The molecule has 4 rings (SSSR count). The molecule has 0 atom stereocenters. The molecule has 1 aliphatic rings. The van der Waals surface area contributed by atoms with Gasteiger partial charge in [0.05, 0.1) is 22.7 Å². The predicted molar refractivity (Wildman–Crippen MR) is 107 cm³/mol. The number of hydrogen-bond acceptors (Lipinski definition) is 4. The first-order valence-electron chi connectivity index (χ1n) is 8.94. The maximum Gasteiger partial charge on any atom is 0.261 e. The third-order valence-corrected chi connectivity index (χ3v) is 6.16. The third kappa shape index (κ3) is 3.65. The molecule has 0 amide bonds. The molecule has 0 aliphatic carbocycles. The van der Waals surface area contributed by atoms with Crippen LogP contribution in [0.1, 0.15) is 5.56 Å². The summed E-state index contributed by atoms with van der Waals surface area (Å²) in [6.07, 6.45) is 2.77. The van der Waals surface area contributed by atoms with Crippen LogP contribution >= 0.6 is 0 Å². The Morgan fingerprint density at radius 3 is 2.81 bits per heavy atom. The van der Waals surface area contributed by atoms with E-state index in [4.69, 9.17) is 4.74 Å². The highest BCUT2D eigenvalue weighted by Crippen LogP contribution is 2.29. The molecule has 7 heteroatoms. The van der Waals surface area contributed by atoms with Crippen molar-refractivity contribution < 1.29 is 13.2 Å². The van der Waals surface area contributed by atoms with E-state index < -0.39 is 10.0 Å². The molecular formula is C20H23N3O3S. The van der Waals surface area contributed by atoms with Gasteiger partial charge in [-0.3, -0.25) is 4.72 Å². The van der Waals surface area contributed by atoms with E-state index in [0.29, 0.717) is 12.3 Å². The molecule has 2 heterocycles. The van der Waals surface area contributed by atoms with Crippen LogP contribution < -0.4 is 9.46 Å². The van der Waals surface area contributed by atoms with E-state index in [0.717, 1.165) is 41.7 Å². The van der Waals surface area contributed by atoms with Crippen molar-refractivity contribution in [2.45, 2.75) is 17.9 Å². The summed E-state index contributed by atoms with van der Waals surface area (Å²) in [5.41, 5.74) is 2.51. The number of ether oxygens (including phenoxy) is 1. The van der Waals surface area contributed by atoms with Crippen molar-refractivity contribution in [2.75, 3.05) is 32.0 Å². The lowest BCUT2D eigenvalue weighted by Crippen LogP contribution is -2.18. The van der Waals surface area contributed by atoms with Gasteiger partial charge in [-0.15, -0.1) is 0 Å². The Morgan fingerprint density at radius 1 is 1.15 bits per heavy atom. The van der Waals surface area contributed by atoms with Gasteiger partial charge in [-0.25, -0.2) is 8.42 Å². The number of anilines is 1. The fourth-order valence-corrected chi connectivity index (χ4v) is 4.39. The molecule has 0 unspecified atom stereocenters. The number of aromatic nitrogens is 1. The van der Waals surface area contributed by atoms with Gasteiger partial charge in [-0.05, 0) is 61.4 Å². The summed E-state index contributed by atoms with van der Waals surface area (Å²) in [6.45, 7) is 2.36. The highest BCUT2D eigenvalue weighted by atomic mass is 32.2. The summed E-state index contributed by atoms with van der Waals surface area (Å²) in [5, 5.41) is 1.09. The monoisotopic (exact) mass is 385 g/mol. The van der Waals surface area contributed by atoms with E-state index in [1.807, 2.05) is 38.5 Å². The van der Waals surface area contributed by atoms with Crippen LogP contribution in [0.2, 0.25) is 0 Å². The summed E-state index contributed by atoms with van der Waals surface area (Å²) in [7, 11) is 0.421. The van der Waals surface area contributed by atoms with Gasteiger partial charge in [-0.2, -0.15) is 0 Å². The summed E-state index contributed by atoms with van der Waals surface area (Å²) < 4.78 is 35.9. The quantitative estimate of drug-likeness (QED) is 0.709. The molecule has 1 N–H and O–H groups in total. The summed E-state index contributed by atoms with van der Waals surface area (Å²) in [5.74, 6) is 0.772. The molecule has 142 valence electrons. The SMILES string of the molecule is CN(C)CCn1ccc2ccc(NS(=O)(=O)c3ccc4c(c3)CCO4)cc21. The Bertz CT molecular complexity index is 1090. The molecule has 1 aliphatic heterocycles. The second-order valence-electron chi connectivity index (χ2n) is 7.06. The van der Waals surface area contributed by atoms with Crippen molar-refractivity contribution >= 4 is 26.6 Å². The van der Waals surface area contributed by atoms with Crippen molar-refractivity contribution in [3.63, 3.8) is 0 Å². The zero-order valence-electron chi connectivity index (χ0n) is 15.5. The Hall–Kier alpha value is -2.51. The molecule has 0 saturated carbocycles. The minimum atomic E-state index is -3.65. The molecule has 27 heavy (non-hydrogen) atoms. The second kappa shape index (κ2) is 6.90. The van der Waals surface area contributed by atoms with Crippen molar-refractivity contribution in [1.82, 2.24) is 9.47 Å². The number of sulfonamides is 1. The third-order valence-electron chi connectivity index (χ3n) is 4.79. The van der Waals surface area contributed by atoms with Gasteiger partial charge in [0.2, 0.25) is 0 Å². The van der Waals surface area contributed by atoms with Gasteiger partial charge >= 0.3 is 0 Å². The molecule has 0 saturated heterocycles. The first kappa shape index (κ1) is 17.9. The number of likely N-dealkylation sites (N-methyl/N-ethyl adjacent to an activating group) is 1. The van der Waals surface area contributed by atoms with E-state index in [2.05, 4.69) is 14.2 Å². The number of hydrogen-bond donors (Lipinski definition) is 1. The molecule has 3 aromatic rings. The number of nitrogens with zero attached hydrogens (tertiary/aromatic N) is 2. The van der Waals surface area contributed by atoms with Crippen LogP contribution in [-0.2, 0) is 23.0 Å². The molecule has 0 radical (unpaired) electrons. The molecular weight excluding hydrogens is 362 g/mol.